The minimum atomic E-state index is 1.15. The van der Waals surface area contributed by atoms with Crippen LogP contribution in [0.15, 0.2) is 6.33 Å². The highest BCUT2D eigenvalue weighted by Gasteiger charge is 1.78. The lowest BCUT2D eigenvalue weighted by Gasteiger charge is -1.87. The number of hydrogen-bond acceptors (Lipinski definition) is 4. The highest BCUT2D eigenvalue weighted by Crippen LogP contribution is 1.59. The molecule has 0 amide bonds. The molecule has 37 valence electrons. The van der Waals surface area contributed by atoms with E-state index in [1.165, 1.54) is 6.33 Å². The Bertz CT molecular complexity index is 121. The number of tetrazole rings is 1. The van der Waals surface area contributed by atoms with Crippen LogP contribution in [0.4, 0.5) is 0 Å². The zero-order chi connectivity index (χ0) is 5.11. The molecule has 0 aliphatic rings. The van der Waals surface area contributed by atoms with Crippen LogP contribution in [0.1, 0.15) is 0 Å². The molecule has 5 heteroatoms. The van der Waals surface area contributed by atoms with Crippen molar-refractivity contribution >= 4 is 0 Å². The second kappa shape index (κ2) is 1.55. The van der Waals surface area contributed by atoms with Gasteiger partial charge in [0.25, 0.3) is 0 Å². The summed E-state index contributed by atoms with van der Waals surface area (Å²) in [6, 6.07) is 0. The van der Waals surface area contributed by atoms with Gasteiger partial charge in [-0.15, -0.1) is 10.2 Å². The lowest BCUT2D eigenvalue weighted by Crippen LogP contribution is -2.09. The second-order valence-electron chi connectivity index (χ2n) is 0.883. The van der Waals surface area contributed by atoms with Crippen molar-refractivity contribution in [3.63, 3.8) is 0 Å². The Morgan fingerprint density at radius 2 is 2.57 bits per heavy atom. The molecule has 0 saturated heterocycles. The summed E-state index contributed by atoms with van der Waals surface area (Å²) in [6.07, 6.45) is 1.32. The van der Waals surface area contributed by atoms with Crippen molar-refractivity contribution in [1.82, 2.24) is 20.3 Å². The normalized spacial score (nSPS) is 8.71. The lowest BCUT2D eigenvalue weighted by atomic mass is 11.4. The number of nitrogens with one attached hydrogen (secondary N) is 1. The third-order valence-corrected chi connectivity index (χ3v) is 0.490. The van der Waals surface area contributed by atoms with E-state index in [0.717, 1.165) is 4.91 Å². The van der Waals surface area contributed by atoms with E-state index in [4.69, 9.17) is 0 Å². The van der Waals surface area contributed by atoms with Crippen molar-refractivity contribution in [1.29, 1.82) is 0 Å². The molecule has 0 bridgehead atoms. The maximum Gasteiger partial charge on any atom is 0.164 e. The fourth-order valence-electron chi connectivity index (χ4n) is 0.240. The monoisotopic (exact) mass is 98.0 g/mol. The smallest absolute Gasteiger partial charge is 0.164 e. The highest BCUT2D eigenvalue weighted by atomic mass is 15.7. The topological polar surface area (TPSA) is 55.6 Å². The first kappa shape index (κ1) is 4.04. The zero-order valence-corrected chi connectivity index (χ0v) is 3.57. The molecule has 0 aliphatic heterocycles. The SMILES string of the molecule is [CH2]Nn1ncnn1. The Balaban J connectivity index is 2.76. The molecule has 0 unspecified atom stereocenters. The summed E-state index contributed by atoms with van der Waals surface area (Å²) in [7, 11) is 3.28. The summed E-state index contributed by atoms with van der Waals surface area (Å²) in [6.45, 7) is 0. The molecule has 7 heavy (non-hydrogen) atoms. The van der Waals surface area contributed by atoms with Crippen LogP contribution in [0.5, 0.6) is 0 Å². The van der Waals surface area contributed by atoms with Gasteiger partial charge >= 0.3 is 0 Å². The minimum Gasteiger partial charge on any atom is -0.289 e. The number of rotatable bonds is 1. The fourth-order valence-corrected chi connectivity index (χ4v) is 0.240. The largest absolute Gasteiger partial charge is 0.289 e. The molecule has 1 rings (SSSR count). The van der Waals surface area contributed by atoms with Crippen molar-refractivity contribution in [3.8, 4) is 0 Å². The predicted molar refractivity (Wildman–Crippen MR) is 22.5 cm³/mol. The van der Waals surface area contributed by atoms with Gasteiger partial charge in [-0.1, -0.05) is 4.91 Å². The molecule has 0 aromatic carbocycles. The molecule has 0 aliphatic carbocycles. The number of nitrogens with zero attached hydrogens (tertiary/aromatic N) is 4. The molecular formula is C2H4N5. The molecule has 5 nitrogen and oxygen atoms in total. The molecule has 0 spiro atoms. The van der Waals surface area contributed by atoms with Crippen molar-refractivity contribution < 1.29 is 0 Å². The van der Waals surface area contributed by atoms with Gasteiger partial charge in [0.2, 0.25) is 0 Å². The van der Waals surface area contributed by atoms with E-state index in [0.29, 0.717) is 0 Å². The third kappa shape index (κ3) is 0.648. The van der Waals surface area contributed by atoms with Crippen LogP contribution >= 0.6 is 0 Å². The van der Waals surface area contributed by atoms with Crippen molar-refractivity contribution in [2.45, 2.75) is 0 Å². The van der Waals surface area contributed by atoms with Gasteiger partial charge in [-0.3, -0.25) is 5.43 Å². The Labute approximate surface area is 40.3 Å². The molecule has 0 saturated carbocycles. The number of hydrogen-bond donors (Lipinski definition) is 1. The Morgan fingerprint density at radius 3 is 2.86 bits per heavy atom. The summed E-state index contributed by atoms with van der Waals surface area (Å²) in [4.78, 5) is 1.15. The van der Waals surface area contributed by atoms with Gasteiger partial charge in [-0.05, 0) is 5.21 Å². The van der Waals surface area contributed by atoms with E-state index < -0.39 is 0 Å². The van der Waals surface area contributed by atoms with Crippen LogP contribution in [0.2, 0.25) is 0 Å². The van der Waals surface area contributed by atoms with Crippen LogP contribution in [0.3, 0.4) is 0 Å². The first-order chi connectivity index (χ1) is 3.43. The molecule has 1 heterocycles. The van der Waals surface area contributed by atoms with Crippen molar-refractivity contribution in [3.05, 3.63) is 13.4 Å². The highest BCUT2D eigenvalue weighted by molar-refractivity contribution is 4.51. The lowest BCUT2D eigenvalue weighted by molar-refractivity contribution is 0.656. The molecule has 1 radical (unpaired) electrons. The minimum absolute atomic E-state index is 1.15. The van der Waals surface area contributed by atoms with Crippen molar-refractivity contribution in [2.24, 2.45) is 0 Å². The summed E-state index contributed by atoms with van der Waals surface area (Å²) in [5.41, 5.74) is 2.39. The Morgan fingerprint density at radius 1 is 1.71 bits per heavy atom. The predicted octanol–water partition coefficient (Wildman–Crippen LogP) is -0.992. The van der Waals surface area contributed by atoms with Gasteiger partial charge in [-0.2, -0.15) is 0 Å². The third-order valence-electron chi connectivity index (χ3n) is 0.490. The first-order valence-electron chi connectivity index (χ1n) is 1.69. The van der Waals surface area contributed by atoms with Gasteiger partial charge in [0.1, 0.15) is 0 Å². The van der Waals surface area contributed by atoms with Crippen LogP contribution in [0, 0.1) is 7.05 Å². The van der Waals surface area contributed by atoms with E-state index in [-0.39, 0.29) is 0 Å². The summed E-state index contributed by atoms with van der Waals surface area (Å²) in [5, 5.41) is 10.4. The maximum atomic E-state index is 3.56. The zero-order valence-electron chi connectivity index (χ0n) is 3.57. The van der Waals surface area contributed by atoms with Gasteiger partial charge in [-0.25, -0.2) is 0 Å². The van der Waals surface area contributed by atoms with Gasteiger partial charge in [0.05, 0.1) is 7.05 Å². The van der Waals surface area contributed by atoms with Crippen LogP contribution in [0.25, 0.3) is 0 Å². The molecule has 1 N–H and O–H groups in total. The molecule has 0 atom stereocenters. The van der Waals surface area contributed by atoms with Gasteiger partial charge < -0.3 is 0 Å². The standard InChI is InChI=1S/C2H4N5/c1-3-7-5-2-4-6-7/h2-3H,1H2. The molecule has 1 aromatic heterocycles. The average molecular weight is 98.1 g/mol. The second-order valence-corrected chi connectivity index (χ2v) is 0.883. The molecule has 0 fully saturated rings. The van der Waals surface area contributed by atoms with Crippen LogP contribution in [-0.4, -0.2) is 20.3 Å². The van der Waals surface area contributed by atoms with Crippen molar-refractivity contribution in [2.75, 3.05) is 5.43 Å². The maximum absolute atomic E-state index is 3.56. The molecular weight excluding hydrogens is 94.1 g/mol. The van der Waals surface area contributed by atoms with Gasteiger partial charge in [0.15, 0.2) is 6.33 Å². The average Bonchev–Trinajstić information content (AvgIpc) is 2.14. The van der Waals surface area contributed by atoms with E-state index >= 15 is 0 Å². The van der Waals surface area contributed by atoms with E-state index in [2.05, 4.69) is 27.9 Å². The van der Waals surface area contributed by atoms with E-state index in [1.807, 2.05) is 0 Å². The van der Waals surface area contributed by atoms with Gasteiger partial charge in [0, 0.05) is 0 Å². The van der Waals surface area contributed by atoms with E-state index in [9.17, 15) is 0 Å². The summed E-state index contributed by atoms with van der Waals surface area (Å²) < 4.78 is 0. The quantitative estimate of drug-likeness (QED) is 0.490. The van der Waals surface area contributed by atoms with Crippen LogP contribution in [-0.2, 0) is 0 Å². The number of aromatic nitrogens is 4. The fraction of sp³-hybridized carbons (Fsp3) is 0. The first-order valence-corrected chi connectivity index (χ1v) is 1.69. The summed E-state index contributed by atoms with van der Waals surface area (Å²) in [5.74, 6) is 0. The molecule has 1 aromatic rings. The van der Waals surface area contributed by atoms with E-state index in [1.54, 1.807) is 0 Å². The Hall–Kier alpha value is -1.13. The Kier molecular flexibility index (Phi) is 0.892. The van der Waals surface area contributed by atoms with Crippen LogP contribution < -0.4 is 5.43 Å². The summed E-state index contributed by atoms with van der Waals surface area (Å²) >= 11 is 0.